The van der Waals surface area contributed by atoms with Crippen molar-refractivity contribution in [1.29, 1.82) is 0 Å². The number of halogens is 1. The maximum absolute atomic E-state index is 6.12. The Labute approximate surface area is 73.6 Å². The molecule has 3 unspecified atom stereocenters. The molecule has 0 heterocycles. The molecule has 0 aromatic carbocycles. The molecule has 0 spiro atoms. The van der Waals surface area contributed by atoms with E-state index in [-0.39, 0.29) is 5.38 Å². The predicted molar refractivity (Wildman–Crippen MR) is 48.8 cm³/mol. The lowest BCUT2D eigenvalue weighted by atomic mass is 9.96. The summed E-state index contributed by atoms with van der Waals surface area (Å²) in [5, 5.41) is 0.262. The van der Waals surface area contributed by atoms with Gasteiger partial charge in [-0.1, -0.05) is 26.0 Å². The lowest BCUT2D eigenvalue weighted by Crippen LogP contribution is -2.10. The van der Waals surface area contributed by atoms with Crippen molar-refractivity contribution in [2.45, 2.75) is 32.1 Å². The van der Waals surface area contributed by atoms with Crippen molar-refractivity contribution >= 4 is 11.6 Å². The topological polar surface area (TPSA) is 0 Å². The molecule has 0 nitrogen and oxygen atoms in total. The molecule has 0 saturated heterocycles. The van der Waals surface area contributed by atoms with Crippen LogP contribution >= 0.6 is 11.6 Å². The molecular formula is C10H15Cl. The number of alkyl halides is 1. The van der Waals surface area contributed by atoms with Crippen LogP contribution in [0.15, 0.2) is 12.2 Å². The number of hydrogen-bond acceptors (Lipinski definition) is 0. The Hall–Kier alpha value is 0.0300. The third kappa shape index (κ3) is 0.955. The molecule has 2 fully saturated rings. The minimum absolute atomic E-state index is 0.262. The number of hydrogen-bond donors (Lipinski definition) is 0. The van der Waals surface area contributed by atoms with E-state index in [9.17, 15) is 0 Å². The van der Waals surface area contributed by atoms with Crippen LogP contribution in [-0.4, -0.2) is 5.38 Å². The van der Waals surface area contributed by atoms with E-state index in [1.165, 1.54) is 12.0 Å². The van der Waals surface area contributed by atoms with Gasteiger partial charge in [0, 0.05) is 0 Å². The van der Waals surface area contributed by atoms with Gasteiger partial charge in [-0.3, -0.25) is 0 Å². The van der Waals surface area contributed by atoms with E-state index in [0.717, 1.165) is 18.3 Å². The van der Waals surface area contributed by atoms with Gasteiger partial charge in [-0.05, 0) is 30.1 Å². The third-order valence-corrected chi connectivity index (χ3v) is 4.16. The maximum Gasteiger partial charge on any atom is 0.0545 e. The molecule has 0 N–H and O–H groups in total. The Kier molecular flexibility index (Phi) is 1.42. The maximum atomic E-state index is 6.12. The van der Waals surface area contributed by atoms with Gasteiger partial charge in [0.15, 0.2) is 0 Å². The molecule has 2 rings (SSSR count). The Balaban J connectivity index is 2.12. The molecule has 1 heteroatoms. The molecule has 2 saturated carbocycles. The Morgan fingerprint density at radius 1 is 1.45 bits per heavy atom. The fraction of sp³-hybridized carbons (Fsp3) is 0.800. The fourth-order valence-corrected chi connectivity index (χ4v) is 2.81. The SMILES string of the molecule is C=C1CC2C(CC1Cl)C2(C)C. The summed E-state index contributed by atoms with van der Waals surface area (Å²) >= 11 is 6.12. The second-order valence-electron chi connectivity index (χ2n) is 4.60. The molecule has 3 atom stereocenters. The van der Waals surface area contributed by atoms with Crippen LogP contribution in [-0.2, 0) is 0 Å². The van der Waals surface area contributed by atoms with Gasteiger partial charge in [0.1, 0.15) is 0 Å². The molecule has 62 valence electrons. The third-order valence-electron chi connectivity index (χ3n) is 3.67. The Morgan fingerprint density at radius 3 is 2.64 bits per heavy atom. The van der Waals surface area contributed by atoms with Crippen molar-refractivity contribution in [1.82, 2.24) is 0 Å². The first-order chi connectivity index (χ1) is 5.03. The van der Waals surface area contributed by atoms with Crippen molar-refractivity contribution in [2.24, 2.45) is 17.3 Å². The highest BCUT2D eigenvalue weighted by molar-refractivity contribution is 6.22. The quantitative estimate of drug-likeness (QED) is 0.387. The van der Waals surface area contributed by atoms with E-state index < -0.39 is 0 Å². The van der Waals surface area contributed by atoms with E-state index in [1.54, 1.807) is 0 Å². The van der Waals surface area contributed by atoms with Gasteiger partial charge in [-0.25, -0.2) is 0 Å². The van der Waals surface area contributed by atoms with Crippen LogP contribution in [0.4, 0.5) is 0 Å². The normalized spacial score (nSPS) is 46.8. The first kappa shape index (κ1) is 7.67. The number of allylic oxidation sites excluding steroid dienone is 1. The van der Waals surface area contributed by atoms with E-state index in [4.69, 9.17) is 11.6 Å². The van der Waals surface area contributed by atoms with Gasteiger partial charge < -0.3 is 0 Å². The molecule has 11 heavy (non-hydrogen) atoms. The second-order valence-corrected chi connectivity index (χ2v) is 5.13. The van der Waals surface area contributed by atoms with Crippen molar-refractivity contribution in [3.63, 3.8) is 0 Å². The fourth-order valence-electron chi connectivity index (χ4n) is 2.53. The van der Waals surface area contributed by atoms with Gasteiger partial charge in [0.05, 0.1) is 5.38 Å². The average molecular weight is 171 g/mol. The Morgan fingerprint density at radius 2 is 2.09 bits per heavy atom. The van der Waals surface area contributed by atoms with E-state index >= 15 is 0 Å². The van der Waals surface area contributed by atoms with Gasteiger partial charge in [-0.15, -0.1) is 11.6 Å². The summed E-state index contributed by atoms with van der Waals surface area (Å²) in [4.78, 5) is 0. The van der Waals surface area contributed by atoms with Crippen LogP contribution in [0.2, 0.25) is 0 Å². The molecule has 0 radical (unpaired) electrons. The molecule has 0 bridgehead atoms. The van der Waals surface area contributed by atoms with Crippen molar-refractivity contribution in [2.75, 3.05) is 0 Å². The van der Waals surface area contributed by atoms with Crippen molar-refractivity contribution < 1.29 is 0 Å². The zero-order valence-electron chi connectivity index (χ0n) is 7.23. The lowest BCUT2D eigenvalue weighted by molar-refractivity contribution is 0.537. The first-order valence-electron chi connectivity index (χ1n) is 4.35. The van der Waals surface area contributed by atoms with Crippen LogP contribution in [0.25, 0.3) is 0 Å². The highest BCUT2D eigenvalue weighted by Crippen LogP contribution is 2.66. The number of rotatable bonds is 0. The molecule has 0 aromatic rings. The summed E-state index contributed by atoms with van der Waals surface area (Å²) < 4.78 is 0. The molecule has 2 aliphatic carbocycles. The van der Waals surface area contributed by atoms with Crippen molar-refractivity contribution in [3.05, 3.63) is 12.2 Å². The summed E-state index contributed by atoms with van der Waals surface area (Å²) in [6.07, 6.45) is 2.34. The van der Waals surface area contributed by atoms with Crippen LogP contribution < -0.4 is 0 Å². The largest absolute Gasteiger partial charge is 0.118 e. The van der Waals surface area contributed by atoms with E-state index in [0.29, 0.717) is 5.41 Å². The molecule has 0 aromatic heterocycles. The number of fused-ring (bicyclic) bond motifs is 1. The van der Waals surface area contributed by atoms with Crippen molar-refractivity contribution in [3.8, 4) is 0 Å². The highest BCUT2D eigenvalue weighted by atomic mass is 35.5. The van der Waals surface area contributed by atoms with Crippen LogP contribution in [0, 0.1) is 17.3 Å². The van der Waals surface area contributed by atoms with Crippen LogP contribution in [0.1, 0.15) is 26.7 Å². The smallest absolute Gasteiger partial charge is 0.0545 e. The summed E-state index contributed by atoms with van der Waals surface area (Å²) in [7, 11) is 0. The highest BCUT2D eigenvalue weighted by Gasteiger charge is 2.59. The lowest BCUT2D eigenvalue weighted by Gasteiger charge is -2.16. The van der Waals surface area contributed by atoms with E-state index in [2.05, 4.69) is 20.4 Å². The van der Waals surface area contributed by atoms with Gasteiger partial charge in [0.25, 0.3) is 0 Å². The summed E-state index contributed by atoms with van der Waals surface area (Å²) in [5.41, 5.74) is 1.82. The monoisotopic (exact) mass is 170 g/mol. The summed E-state index contributed by atoms with van der Waals surface area (Å²) in [5.74, 6) is 1.78. The minimum atomic E-state index is 0.262. The molecular weight excluding hydrogens is 156 g/mol. The second kappa shape index (κ2) is 2.04. The van der Waals surface area contributed by atoms with Crippen LogP contribution in [0.3, 0.4) is 0 Å². The predicted octanol–water partition coefficient (Wildman–Crippen LogP) is 3.22. The summed E-state index contributed by atoms with van der Waals surface area (Å²) in [6.45, 7) is 8.71. The van der Waals surface area contributed by atoms with E-state index in [1.807, 2.05) is 0 Å². The first-order valence-corrected chi connectivity index (χ1v) is 4.79. The summed E-state index contributed by atoms with van der Waals surface area (Å²) in [6, 6.07) is 0. The average Bonchev–Trinajstić information content (AvgIpc) is 2.39. The van der Waals surface area contributed by atoms with Gasteiger partial charge in [0.2, 0.25) is 0 Å². The molecule has 0 aliphatic heterocycles. The standard InChI is InChI=1S/C10H15Cl/c1-6-4-7-8(5-9(6)11)10(7,2)3/h7-9H,1,4-5H2,2-3H3. The zero-order chi connectivity index (χ0) is 8.22. The minimum Gasteiger partial charge on any atom is -0.118 e. The van der Waals surface area contributed by atoms with Gasteiger partial charge >= 0.3 is 0 Å². The van der Waals surface area contributed by atoms with Gasteiger partial charge in [-0.2, -0.15) is 0 Å². The Bertz CT molecular complexity index is 205. The van der Waals surface area contributed by atoms with Crippen LogP contribution in [0.5, 0.6) is 0 Å². The molecule has 2 aliphatic rings. The molecule has 0 amide bonds. The zero-order valence-corrected chi connectivity index (χ0v) is 7.99.